The van der Waals surface area contributed by atoms with Gasteiger partial charge >= 0.3 is 5.97 Å². The molecule has 1 aromatic rings. The highest BCUT2D eigenvalue weighted by Gasteiger charge is 2.31. The highest BCUT2D eigenvalue weighted by atomic mass is 32.1. The van der Waals surface area contributed by atoms with Gasteiger partial charge in [0.2, 0.25) is 5.91 Å². The van der Waals surface area contributed by atoms with Crippen LogP contribution in [-0.4, -0.2) is 41.0 Å². The normalized spacial score (nSPS) is 14.0. The molecule has 0 spiro atoms. The number of carbonyl (C=O) groups excluding carboxylic acids is 1. The van der Waals surface area contributed by atoms with E-state index >= 15 is 0 Å². The van der Waals surface area contributed by atoms with Gasteiger partial charge in [-0.1, -0.05) is 0 Å². The minimum Gasteiger partial charge on any atom is -0.480 e. The van der Waals surface area contributed by atoms with Gasteiger partial charge in [0.1, 0.15) is 11.1 Å². The first-order valence-corrected chi connectivity index (χ1v) is 7.49. The van der Waals surface area contributed by atoms with E-state index < -0.39 is 5.97 Å². The summed E-state index contributed by atoms with van der Waals surface area (Å²) < 4.78 is 0. The van der Waals surface area contributed by atoms with Gasteiger partial charge in [0.05, 0.1) is 18.7 Å². The highest BCUT2D eigenvalue weighted by molar-refractivity contribution is 7.16. The summed E-state index contributed by atoms with van der Waals surface area (Å²) in [6.07, 6.45) is 1.86. The Balaban J connectivity index is 2.02. The summed E-state index contributed by atoms with van der Waals surface area (Å²) in [5, 5.41) is 21.3. The van der Waals surface area contributed by atoms with Gasteiger partial charge < -0.3 is 10.4 Å². The van der Waals surface area contributed by atoms with E-state index in [1.807, 2.05) is 13.8 Å². The van der Waals surface area contributed by atoms with Crippen LogP contribution < -0.4 is 5.32 Å². The van der Waals surface area contributed by atoms with E-state index in [2.05, 4.69) is 11.4 Å². The number of carboxylic acid groups (broad SMARTS) is 1. The maximum Gasteiger partial charge on any atom is 0.317 e. The number of carbonyl (C=O) groups is 2. The molecule has 0 aliphatic heterocycles. The second-order valence-corrected chi connectivity index (χ2v) is 6.40. The summed E-state index contributed by atoms with van der Waals surface area (Å²) in [6.45, 7) is 3.65. The third-order valence-electron chi connectivity index (χ3n) is 3.50. The van der Waals surface area contributed by atoms with E-state index in [1.54, 1.807) is 4.90 Å². The standard InChI is InChI=1S/C14H17N3O3S/c1-8-9(2)21-14(11(8)5-15)16-12(18)6-17(7-13(19)20)10-3-4-10/h10H,3-4,6-7H2,1-2H3,(H,16,18)(H,19,20). The Labute approximate surface area is 127 Å². The summed E-state index contributed by atoms with van der Waals surface area (Å²) in [6, 6.07) is 2.29. The molecule has 112 valence electrons. The average Bonchev–Trinajstić information content (AvgIpc) is 3.18. The maximum atomic E-state index is 12.1. The van der Waals surface area contributed by atoms with Crippen molar-refractivity contribution in [2.45, 2.75) is 32.7 Å². The van der Waals surface area contributed by atoms with E-state index in [0.717, 1.165) is 23.3 Å². The fraction of sp³-hybridized carbons (Fsp3) is 0.500. The van der Waals surface area contributed by atoms with Gasteiger partial charge in [-0.3, -0.25) is 14.5 Å². The Kier molecular flexibility index (Phi) is 4.60. The molecule has 0 saturated heterocycles. The lowest BCUT2D eigenvalue weighted by Crippen LogP contribution is -2.38. The molecular formula is C14H17N3O3S. The van der Waals surface area contributed by atoms with Crippen molar-refractivity contribution >= 4 is 28.2 Å². The third kappa shape index (κ3) is 3.80. The Morgan fingerprint density at radius 1 is 1.43 bits per heavy atom. The fourth-order valence-electron chi connectivity index (χ4n) is 2.13. The number of thiophene rings is 1. The van der Waals surface area contributed by atoms with Crippen molar-refractivity contribution in [3.63, 3.8) is 0 Å². The molecule has 7 heteroatoms. The molecule has 2 N–H and O–H groups in total. The summed E-state index contributed by atoms with van der Waals surface area (Å²) in [5.74, 6) is -1.21. The number of hydrogen-bond acceptors (Lipinski definition) is 5. The van der Waals surface area contributed by atoms with Crippen LogP contribution >= 0.6 is 11.3 Å². The SMILES string of the molecule is Cc1sc(NC(=O)CN(CC(=O)O)C2CC2)c(C#N)c1C. The van der Waals surface area contributed by atoms with E-state index in [1.165, 1.54) is 11.3 Å². The molecule has 1 aliphatic carbocycles. The zero-order valence-electron chi connectivity index (χ0n) is 12.0. The van der Waals surface area contributed by atoms with Crippen molar-refractivity contribution in [2.75, 3.05) is 18.4 Å². The number of carboxylic acids is 1. The Bertz CT molecular complexity index is 614. The van der Waals surface area contributed by atoms with Crippen LogP contribution in [0.2, 0.25) is 0 Å². The first kappa shape index (κ1) is 15.5. The minimum absolute atomic E-state index is 0.0395. The molecule has 21 heavy (non-hydrogen) atoms. The molecule has 1 amide bonds. The third-order valence-corrected chi connectivity index (χ3v) is 4.62. The molecule has 0 bridgehead atoms. The van der Waals surface area contributed by atoms with Crippen molar-refractivity contribution in [1.29, 1.82) is 5.26 Å². The number of nitrogens with one attached hydrogen (secondary N) is 1. The summed E-state index contributed by atoms with van der Waals surface area (Å²) in [5.41, 5.74) is 1.37. The van der Waals surface area contributed by atoms with Crippen LogP contribution in [0.1, 0.15) is 28.8 Å². The predicted molar refractivity (Wildman–Crippen MR) is 79.4 cm³/mol. The fourth-order valence-corrected chi connectivity index (χ4v) is 3.15. The maximum absolute atomic E-state index is 12.1. The molecule has 0 unspecified atom stereocenters. The summed E-state index contributed by atoms with van der Waals surface area (Å²) in [7, 11) is 0. The molecule has 1 fully saturated rings. The predicted octanol–water partition coefficient (Wildman–Crippen LogP) is 1.72. The molecule has 1 aromatic heterocycles. The molecule has 0 atom stereocenters. The van der Waals surface area contributed by atoms with Gasteiger partial charge in [0.25, 0.3) is 0 Å². The van der Waals surface area contributed by atoms with Crippen LogP contribution in [0.3, 0.4) is 0 Å². The summed E-state index contributed by atoms with van der Waals surface area (Å²) in [4.78, 5) is 25.5. The molecule has 0 radical (unpaired) electrons. The van der Waals surface area contributed by atoms with E-state index in [9.17, 15) is 9.59 Å². The summed E-state index contributed by atoms with van der Waals surface area (Å²) >= 11 is 1.37. The van der Waals surface area contributed by atoms with Gasteiger partial charge in [-0.2, -0.15) is 5.26 Å². The van der Waals surface area contributed by atoms with Crippen LogP contribution in [-0.2, 0) is 9.59 Å². The van der Waals surface area contributed by atoms with Gasteiger partial charge in [0, 0.05) is 10.9 Å². The van der Waals surface area contributed by atoms with Crippen molar-refractivity contribution in [1.82, 2.24) is 4.90 Å². The van der Waals surface area contributed by atoms with E-state index in [4.69, 9.17) is 10.4 Å². The van der Waals surface area contributed by atoms with Crippen LogP contribution in [0.5, 0.6) is 0 Å². The zero-order valence-corrected chi connectivity index (χ0v) is 12.8. The molecular weight excluding hydrogens is 290 g/mol. The lowest BCUT2D eigenvalue weighted by atomic mass is 10.2. The van der Waals surface area contributed by atoms with Gasteiger partial charge in [-0.15, -0.1) is 11.3 Å². The smallest absolute Gasteiger partial charge is 0.317 e. The van der Waals surface area contributed by atoms with Crippen LogP contribution in [0.15, 0.2) is 0 Å². The molecule has 1 saturated carbocycles. The number of amides is 1. The highest BCUT2D eigenvalue weighted by Crippen LogP contribution is 2.32. The quantitative estimate of drug-likeness (QED) is 0.834. The Morgan fingerprint density at radius 3 is 2.62 bits per heavy atom. The second-order valence-electron chi connectivity index (χ2n) is 5.18. The Hall–Kier alpha value is -1.91. The molecule has 6 nitrogen and oxygen atoms in total. The number of aryl methyl sites for hydroxylation is 1. The largest absolute Gasteiger partial charge is 0.480 e. The van der Waals surface area contributed by atoms with E-state index in [-0.39, 0.29) is 25.0 Å². The van der Waals surface area contributed by atoms with Crippen LogP contribution in [0, 0.1) is 25.2 Å². The van der Waals surface area contributed by atoms with Crippen molar-refractivity contribution in [3.05, 3.63) is 16.0 Å². The van der Waals surface area contributed by atoms with Crippen molar-refractivity contribution in [2.24, 2.45) is 0 Å². The van der Waals surface area contributed by atoms with Crippen molar-refractivity contribution in [3.8, 4) is 6.07 Å². The number of nitrogens with zero attached hydrogens (tertiary/aromatic N) is 2. The lowest BCUT2D eigenvalue weighted by molar-refractivity contribution is -0.138. The number of anilines is 1. The van der Waals surface area contributed by atoms with E-state index in [0.29, 0.717) is 10.6 Å². The molecule has 0 aromatic carbocycles. The van der Waals surface area contributed by atoms with Gasteiger partial charge in [-0.25, -0.2) is 0 Å². The average molecular weight is 307 g/mol. The molecule has 1 aliphatic rings. The van der Waals surface area contributed by atoms with Crippen molar-refractivity contribution < 1.29 is 14.7 Å². The van der Waals surface area contributed by atoms with Gasteiger partial charge in [0.15, 0.2) is 0 Å². The molecule has 1 heterocycles. The molecule has 2 rings (SSSR count). The first-order valence-electron chi connectivity index (χ1n) is 6.68. The van der Waals surface area contributed by atoms with Gasteiger partial charge in [-0.05, 0) is 32.3 Å². The topological polar surface area (TPSA) is 93.4 Å². The number of hydrogen-bond donors (Lipinski definition) is 2. The van der Waals surface area contributed by atoms with Crippen LogP contribution in [0.4, 0.5) is 5.00 Å². The second kappa shape index (κ2) is 6.24. The monoisotopic (exact) mass is 307 g/mol. The first-order chi connectivity index (χ1) is 9.92. The lowest BCUT2D eigenvalue weighted by Gasteiger charge is -2.18. The number of nitriles is 1. The van der Waals surface area contributed by atoms with Crippen LogP contribution in [0.25, 0.3) is 0 Å². The number of rotatable bonds is 6. The number of aliphatic carboxylic acids is 1. The minimum atomic E-state index is -0.935. The zero-order chi connectivity index (χ0) is 15.6. The Morgan fingerprint density at radius 2 is 2.10 bits per heavy atom.